The van der Waals surface area contributed by atoms with Gasteiger partial charge in [-0.05, 0) is 26.3 Å². The van der Waals surface area contributed by atoms with E-state index in [9.17, 15) is 9.90 Å². The van der Waals surface area contributed by atoms with E-state index in [4.69, 9.17) is 16.3 Å². The molecule has 4 nitrogen and oxygen atoms in total. The van der Waals surface area contributed by atoms with Gasteiger partial charge in [-0.1, -0.05) is 36.7 Å². The Kier molecular flexibility index (Phi) is 5.20. The van der Waals surface area contributed by atoms with Crippen LogP contribution in [0.3, 0.4) is 0 Å². The normalized spacial score (nSPS) is 14.2. The smallest absolute Gasteiger partial charge is 0.410 e. The van der Waals surface area contributed by atoms with Crippen LogP contribution in [0.15, 0.2) is 24.3 Å². The molecule has 0 aliphatic carbocycles. The minimum Gasteiger partial charge on any atom is -0.465 e. The summed E-state index contributed by atoms with van der Waals surface area (Å²) in [6.45, 7) is 5.51. The summed E-state index contributed by atoms with van der Waals surface area (Å²) in [6.07, 6.45) is -0.559. The molecule has 106 valence electrons. The quantitative estimate of drug-likeness (QED) is 0.834. The first-order valence-electron chi connectivity index (χ1n) is 6.23. The monoisotopic (exact) mass is 285 g/mol. The van der Waals surface area contributed by atoms with Crippen LogP contribution in [-0.2, 0) is 10.5 Å². The maximum Gasteiger partial charge on any atom is 0.410 e. The molecule has 0 heterocycles. The molecule has 0 spiro atoms. The third kappa shape index (κ3) is 2.85. The second kappa shape index (κ2) is 6.26. The topological polar surface area (TPSA) is 49.8 Å². The summed E-state index contributed by atoms with van der Waals surface area (Å²) in [4.78, 5) is 12.9. The first-order valence-corrected chi connectivity index (χ1v) is 6.61. The molecule has 1 unspecified atom stereocenters. The zero-order chi connectivity index (χ0) is 14.6. The van der Waals surface area contributed by atoms with Crippen LogP contribution in [0.1, 0.15) is 32.8 Å². The molecule has 0 aromatic heterocycles. The number of carbonyl (C=O) groups is 1. The lowest BCUT2D eigenvalue weighted by Crippen LogP contribution is -2.53. The second-order valence-electron chi connectivity index (χ2n) is 4.57. The molecule has 1 amide bonds. The largest absolute Gasteiger partial charge is 0.465 e. The number of methoxy groups -OCH3 is 1. The predicted octanol–water partition coefficient (Wildman–Crippen LogP) is 3.94. The first kappa shape index (κ1) is 15.8. The van der Waals surface area contributed by atoms with Gasteiger partial charge in [0, 0.05) is 23.7 Å². The number of hydrogen-bond acceptors (Lipinski definition) is 2. The summed E-state index contributed by atoms with van der Waals surface area (Å²) in [5.41, 5.74) is -0.406. The third-order valence-electron chi connectivity index (χ3n) is 3.22. The zero-order valence-electron chi connectivity index (χ0n) is 11.7. The molecule has 0 radical (unpaired) electrons. The van der Waals surface area contributed by atoms with E-state index in [2.05, 4.69) is 0 Å². The van der Waals surface area contributed by atoms with E-state index < -0.39 is 11.8 Å². The number of hydrogen-bond donors (Lipinski definition) is 1. The van der Waals surface area contributed by atoms with Gasteiger partial charge in [0.2, 0.25) is 0 Å². The van der Waals surface area contributed by atoms with Crippen molar-refractivity contribution in [2.75, 3.05) is 7.11 Å². The van der Waals surface area contributed by atoms with Crippen LogP contribution < -0.4 is 0 Å². The van der Waals surface area contributed by atoms with E-state index in [-0.39, 0.29) is 6.04 Å². The Balaban J connectivity index is 3.47. The molecule has 1 aromatic carbocycles. The maximum atomic E-state index is 11.6. The van der Waals surface area contributed by atoms with Crippen LogP contribution in [-0.4, -0.2) is 29.3 Å². The molecule has 1 rings (SSSR count). The van der Waals surface area contributed by atoms with Gasteiger partial charge in [-0.25, -0.2) is 4.79 Å². The average molecular weight is 286 g/mol. The summed E-state index contributed by atoms with van der Waals surface area (Å²) in [7, 11) is 1.51. The van der Waals surface area contributed by atoms with E-state index in [1.807, 2.05) is 32.9 Å². The molecule has 1 N–H and O–H groups in total. The third-order valence-corrected chi connectivity index (χ3v) is 3.55. The fourth-order valence-corrected chi connectivity index (χ4v) is 2.70. The average Bonchev–Trinajstić information content (AvgIpc) is 2.35. The molecule has 1 aromatic rings. The van der Waals surface area contributed by atoms with Crippen molar-refractivity contribution in [3.63, 3.8) is 0 Å². The standard InChI is InChI=1S/C14H20ClNO3/c1-5-14(19-4,16(10(2)3)13(17)18)11-8-6-7-9-12(11)15/h6-10H,5H2,1-4H3,(H,17,18). The van der Waals surface area contributed by atoms with E-state index in [0.29, 0.717) is 17.0 Å². The van der Waals surface area contributed by atoms with Crippen LogP contribution in [0.25, 0.3) is 0 Å². The number of carboxylic acid groups (broad SMARTS) is 1. The van der Waals surface area contributed by atoms with Gasteiger partial charge in [0.15, 0.2) is 5.72 Å². The van der Waals surface area contributed by atoms with Crippen LogP contribution in [0.5, 0.6) is 0 Å². The molecule has 19 heavy (non-hydrogen) atoms. The number of halogens is 1. The summed E-state index contributed by atoms with van der Waals surface area (Å²) in [6, 6.07) is 6.94. The Labute approximate surface area is 118 Å². The molecule has 0 aliphatic heterocycles. The molecule has 0 fully saturated rings. The van der Waals surface area contributed by atoms with Gasteiger partial charge in [0.25, 0.3) is 0 Å². The van der Waals surface area contributed by atoms with Crippen molar-refractivity contribution in [2.45, 2.75) is 39.0 Å². The summed E-state index contributed by atoms with van der Waals surface area (Å²) in [5, 5.41) is 9.99. The molecule has 0 saturated carbocycles. The van der Waals surface area contributed by atoms with Gasteiger partial charge in [-0.15, -0.1) is 0 Å². The van der Waals surface area contributed by atoms with Crippen molar-refractivity contribution in [1.29, 1.82) is 0 Å². The summed E-state index contributed by atoms with van der Waals surface area (Å²) < 4.78 is 5.60. The van der Waals surface area contributed by atoms with Crippen LogP contribution >= 0.6 is 11.6 Å². The van der Waals surface area contributed by atoms with E-state index in [1.165, 1.54) is 12.0 Å². The molecular weight excluding hydrogens is 266 g/mol. The van der Waals surface area contributed by atoms with Gasteiger partial charge in [0.05, 0.1) is 0 Å². The second-order valence-corrected chi connectivity index (χ2v) is 4.98. The highest BCUT2D eigenvalue weighted by Crippen LogP contribution is 2.38. The fraction of sp³-hybridized carbons (Fsp3) is 0.500. The predicted molar refractivity (Wildman–Crippen MR) is 75.4 cm³/mol. The number of rotatable bonds is 5. The number of ether oxygens (including phenoxy) is 1. The summed E-state index contributed by atoms with van der Waals surface area (Å²) in [5.74, 6) is 0. The van der Waals surface area contributed by atoms with Gasteiger partial charge >= 0.3 is 6.09 Å². The van der Waals surface area contributed by atoms with E-state index in [1.54, 1.807) is 12.1 Å². The lowest BCUT2D eigenvalue weighted by atomic mass is 9.96. The zero-order valence-corrected chi connectivity index (χ0v) is 12.4. The molecule has 1 atom stereocenters. The summed E-state index contributed by atoms with van der Waals surface area (Å²) >= 11 is 6.22. The molecule has 0 saturated heterocycles. The van der Waals surface area contributed by atoms with Gasteiger partial charge in [-0.2, -0.15) is 0 Å². The minimum absolute atomic E-state index is 0.228. The highest BCUT2D eigenvalue weighted by Gasteiger charge is 2.43. The maximum absolute atomic E-state index is 11.6. The number of benzene rings is 1. The Bertz CT molecular complexity index is 444. The Morgan fingerprint density at radius 1 is 1.47 bits per heavy atom. The highest BCUT2D eigenvalue weighted by molar-refractivity contribution is 6.31. The van der Waals surface area contributed by atoms with Crippen LogP contribution in [0, 0.1) is 0 Å². The van der Waals surface area contributed by atoms with Gasteiger partial charge < -0.3 is 9.84 Å². The van der Waals surface area contributed by atoms with E-state index >= 15 is 0 Å². The van der Waals surface area contributed by atoms with Crippen LogP contribution in [0.4, 0.5) is 4.79 Å². The van der Waals surface area contributed by atoms with Crippen LogP contribution in [0.2, 0.25) is 5.02 Å². The number of nitrogens with zero attached hydrogens (tertiary/aromatic N) is 1. The van der Waals surface area contributed by atoms with E-state index in [0.717, 1.165) is 0 Å². The minimum atomic E-state index is -1.07. The Morgan fingerprint density at radius 2 is 2.05 bits per heavy atom. The highest BCUT2D eigenvalue weighted by atomic mass is 35.5. The molecule has 5 heteroatoms. The van der Waals surface area contributed by atoms with Gasteiger partial charge in [-0.3, -0.25) is 4.90 Å². The molecule has 0 bridgehead atoms. The lowest BCUT2D eigenvalue weighted by Gasteiger charge is -2.43. The van der Waals surface area contributed by atoms with Crippen molar-refractivity contribution in [1.82, 2.24) is 4.90 Å². The SMILES string of the molecule is CCC(OC)(c1ccccc1Cl)N(C(=O)O)C(C)C. The molecule has 0 aliphatic rings. The van der Waals surface area contributed by atoms with Crippen molar-refractivity contribution >= 4 is 17.7 Å². The first-order chi connectivity index (χ1) is 8.90. The van der Waals surface area contributed by atoms with Gasteiger partial charge in [0.1, 0.15) is 0 Å². The van der Waals surface area contributed by atoms with Crippen molar-refractivity contribution in [3.8, 4) is 0 Å². The molecular formula is C14H20ClNO3. The van der Waals surface area contributed by atoms with Crippen molar-refractivity contribution < 1.29 is 14.6 Å². The van der Waals surface area contributed by atoms with Crippen molar-refractivity contribution in [2.24, 2.45) is 0 Å². The fourth-order valence-electron chi connectivity index (χ4n) is 2.41. The Hall–Kier alpha value is -1.26. The van der Waals surface area contributed by atoms with Crippen molar-refractivity contribution in [3.05, 3.63) is 34.9 Å². The Morgan fingerprint density at radius 3 is 2.42 bits per heavy atom. The number of amides is 1. The lowest BCUT2D eigenvalue weighted by molar-refractivity contribution is -0.141.